The zero-order valence-corrected chi connectivity index (χ0v) is 13.5. The van der Waals surface area contributed by atoms with Crippen LogP contribution in [0, 0.1) is 13.8 Å². The maximum absolute atomic E-state index is 12.4. The van der Waals surface area contributed by atoms with Crippen LogP contribution in [0.5, 0.6) is 0 Å². The molecule has 1 aromatic rings. The first-order chi connectivity index (χ1) is 10.1. The van der Waals surface area contributed by atoms with E-state index in [1.54, 1.807) is 0 Å². The highest BCUT2D eigenvalue weighted by atomic mass is 32.2. The van der Waals surface area contributed by atoms with Gasteiger partial charge in [0.15, 0.2) is 0 Å². The maximum Gasteiger partial charge on any atom is 0.321 e. The van der Waals surface area contributed by atoms with Crippen LogP contribution in [0.2, 0.25) is 0 Å². The van der Waals surface area contributed by atoms with Crippen LogP contribution >= 0.6 is 11.8 Å². The molecule has 1 aromatic carbocycles. The molecule has 1 N–H and O–H groups in total. The number of ether oxygens (including phenoxy) is 1. The molecular weight excluding hydrogens is 284 g/mol. The van der Waals surface area contributed by atoms with Crippen LogP contribution in [0.3, 0.4) is 0 Å². The van der Waals surface area contributed by atoms with Crippen LogP contribution in [0.4, 0.5) is 10.5 Å². The second-order valence-electron chi connectivity index (χ2n) is 5.90. The van der Waals surface area contributed by atoms with Gasteiger partial charge in [0.05, 0.1) is 6.61 Å². The summed E-state index contributed by atoms with van der Waals surface area (Å²) in [6.45, 7) is 6.47. The van der Waals surface area contributed by atoms with Crippen molar-refractivity contribution in [1.82, 2.24) is 4.90 Å². The third-order valence-corrected chi connectivity index (χ3v) is 5.52. The summed E-state index contributed by atoms with van der Waals surface area (Å²) in [6, 6.07) is 6.12. The minimum absolute atomic E-state index is 0.00199. The highest BCUT2D eigenvalue weighted by molar-refractivity contribution is 8.00. The number of urea groups is 1. The molecule has 0 atom stereocenters. The molecule has 5 heteroatoms. The Morgan fingerprint density at radius 2 is 1.90 bits per heavy atom. The van der Waals surface area contributed by atoms with Gasteiger partial charge in [-0.2, -0.15) is 0 Å². The summed E-state index contributed by atoms with van der Waals surface area (Å²) in [6.07, 6.45) is 1.86. The lowest BCUT2D eigenvalue weighted by Gasteiger charge is -2.37. The van der Waals surface area contributed by atoms with Crippen molar-refractivity contribution in [2.75, 3.05) is 30.8 Å². The lowest BCUT2D eigenvalue weighted by molar-refractivity contribution is 0.0105. The van der Waals surface area contributed by atoms with E-state index in [2.05, 4.69) is 11.4 Å². The van der Waals surface area contributed by atoms with Gasteiger partial charge in [-0.1, -0.05) is 6.07 Å². The second kappa shape index (κ2) is 5.89. The Morgan fingerprint density at radius 3 is 2.48 bits per heavy atom. The predicted molar refractivity (Wildman–Crippen MR) is 86.9 cm³/mol. The number of thioether (sulfide) groups is 1. The molecule has 2 fully saturated rings. The number of nitrogens with one attached hydrogen (secondary N) is 1. The molecule has 2 heterocycles. The van der Waals surface area contributed by atoms with E-state index < -0.39 is 0 Å². The summed E-state index contributed by atoms with van der Waals surface area (Å²) >= 11 is 1.91. The Labute approximate surface area is 130 Å². The summed E-state index contributed by atoms with van der Waals surface area (Å²) < 4.78 is 5.86. The van der Waals surface area contributed by atoms with Crippen molar-refractivity contribution in [2.45, 2.75) is 31.6 Å². The average molecular weight is 306 g/mol. The van der Waals surface area contributed by atoms with Crippen LogP contribution in [0.15, 0.2) is 18.2 Å². The number of anilines is 1. The molecule has 0 bridgehead atoms. The molecule has 114 valence electrons. The van der Waals surface area contributed by atoms with Gasteiger partial charge in [0.1, 0.15) is 4.93 Å². The van der Waals surface area contributed by atoms with E-state index in [0.717, 1.165) is 44.0 Å². The maximum atomic E-state index is 12.4. The van der Waals surface area contributed by atoms with Gasteiger partial charge in [0, 0.05) is 37.4 Å². The molecule has 2 amide bonds. The minimum Gasteiger partial charge on any atom is -0.363 e. The molecule has 21 heavy (non-hydrogen) atoms. The van der Waals surface area contributed by atoms with Crippen molar-refractivity contribution in [3.63, 3.8) is 0 Å². The van der Waals surface area contributed by atoms with E-state index in [0.29, 0.717) is 0 Å². The van der Waals surface area contributed by atoms with Gasteiger partial charge >= 0.3 is 6.03 Å². The monoisotopic (exact) mass is 306 g/mol. The van der Waals surface area contributed by atoms with Gasteiger partial charge in [-0.3, -0.25) is 0 Å². The van der Waals surface area contributed by atoms with E-state index in [4.69, 9.17) is 4.74 Å². The molecule has 0 saturated carbocycles. The number of amides is 2. The van der Waals surface area contributed by atoms with Crippen molar-refractivity contribution in [3.8, 4) is 0 Å². The molecule has 4 nitrogen and oxygen atoms in total. The molecule has 0 aromatic heterocycles. The quantitative estimate of drug-likeness (QED) is 0.864. The number of nitrogens with zero attached hydrogens (tertiary/aromatic N) is 1. The van der Waals surface area contributed by atoms with Gasteiger partial charge in [-0.25, -0.2) is 4.79 Å². The number of hydrogen-bond donors (Lipinski definition) is 1. The molecule has 2 aliphatic rings. The molecule has 2 saturated heterocycles. The SMILES string of the molecule is Cc1cc(C)cc(NC(=O)N2CCC3(CC2)OCCS3)c1. The Hall–Kier alpha value is -1.20. The Bertz CT molecular complexity index is 511. The van der Waals surface area contributed by atoms with Gasteiger partial charge in [0.2, 0.25) is 0 Å². The van der Waals surface area contributed by atoms with E-state index in [1.165, 1.54) is 11.1 Å². The molecule has 1 spiro atoms. The zero-order valence-electron chi connectivity index (χ0n) is 12.6. The fraction of sp³-hybridized carbons (Fsp3) is 0.562. The smallest absolute Gasteiger partial charge is 0.321 e. The average Bonchev–Trinajstić information content (AvgIpc) is 2.86. The third kappa shape index (κ3) is 3.35. The molecule has 2 aliphatic heterocycles. The number of carbonyl (C=O) groups is 1. The normalized spacial score (nSPS) is 20.8. The van der Waals surface area contributed by atoms with Crippen LogP contribution in [-0.4, -0.2) is 41.3 Å². The fourth-order valence-corrected chi connectivity index (χ4v) is 4.26. The minimum atomic E-state index is -0.0172. The van der Waals surface area contributed by atoms with Crippen LogP contribution < -0.4 is 5.32 Å². The van der Waals surface area contributed by atoms with Gasteiger partial charge in [-0.05, 0) is 37.1 Å². The number of benzene rings is 1. The van der Waals surface area contributed by atoms with E-state index in [9.17, 15) is 4.79 Å². The highest BCUT2D eigenvalue weighted by Gasteiger charge is 2.40. The van der Waals surface area contributed by atoms with Crippen LogP contribution in [0.1, 0.15) is 24.0 Å². The van der Waals surface area contributed by atoms with Crippen molar-refractivity contribution in [2.24, 2.45) is 0 Å². The molecular formula is C16H22N2O2S. The topological polar surface area (TPSA) is 41.6 Å². The molecule has 0 radical (unpaired) electrons. The first-order valence-corrected chi connectivity index (χ1v) is 8.47. The standard InChI is InChI=1S/C16H22N2O2S/c1-12-9-13(2)11-14(10-12)17-15(19)18-5-3-16(4-6-18)20-7-8-21-16/h9-11H,3-8H2,1-2H3,(H,17,19). The summed E-state index contributed by atoms with van der Waals surface area (Å²) in [7, 11) is 0. The summed E-state index contributed by atoms with van der Waals surface area (Å²) in [5, 5.41) is 3.01. The van der Waals surface area contributed by atoms with Crippen LogP contribution in [-0.2, 0) is 4.74 Å². The number of hydrogen-bond acceptors (Lipinski definition) is 3. The summed E-state index contributed by atoms with van der Waals surface area (Å²) in [5.41, 5.74) is 3.21. The largest absolute Gasteiger partial charge is 0.363 e. The first-order valence-electron chi connectivity index (χ1n) is 7.48. The number of carbonyl (C=O) groups excluding carboxylic acids is 1. The van der Waals surface area contributed by atoms with Crippen molar-refractivity contribution in [1.29, 1.82) is 0 Å². The Balaban J connectivity index is 1.59. The molecule has 3 rings (SSSR count). The van der Waals surface area contributed by atoms with Crippen LogP contribution in [0.25, 0.3) is 0 Å². The van der Waals surface area contributed by atoms with E-state index >= 15 is 0 Å². The van der Waals surface area contributed by atoms with Gasteiger partial charge in [0.25, 0.3) is 0 Å². The summed E-state index contributed by atoms with van der Waals surface area (Å²) in [4.78, 5) is 14.2. The lowest BCUT2D eigenvalue weighted by Crippen LogP contribution is -2.46. The second-order valence-corrected chi connectivity index (χ2v) is 7.34. The molecule has 0 aliphatic carbocycles. The van der Waals surface area contributed by atoms with E-state index in [-0.39, 0.29) is 11.0 Å². The first kappa shape index (κ1) is 14.7. The van der Waals surface area contributed by atoms with Crippen molar-refractivity contribution in [3.05, 3.63) is 29.3 Å². The van der Waals surface area contributed by atoms with Gasteiger partial charge in [-0.15, -0.1) is 11.8 Å². The van der Waals surface area contributed by atoms with Gasteiger partial charge < -0.3 is 15.0 Å². The number of piperidine rings is 1. The Morgan fingerprint density at radius 1 is 1.24 bits per heavy atom. The lowest BCUT2D eigenvalue weighted by atomic mass is 10.1. The highest BCUT2D eigenvalue weighted by Crippen LogP contribution is 2.41. The predicted octanol–water partition coefficient (Wildman–Crippen LogP) is 3.39. The van der Waals surface area contributed by atoms with E-state index in [1.807, 2.05) is 42.6 Å². The Kier molecular flexibility index (Phi) is 4.13. The number of rotatable bonds is 1. The van der Waals surface area contributed by atoms with Crippen molar-refractivity contribution >= 4 is 23.5 Å². The number of likely N-dealkylation sites (tertiary alicyclic amines) is 1. The summed E-state index contributed by atoms with van der Waals surface area (Å²) in [5.74, 6) is 1.08. The molecule has 0 unspecified atom stereocenters. The van der Waals surface area contributed by atoms with Crippen molar-refractivity contribution < 1.29 is 9.53 Å². The fourth-order valence-electron chi connectivity index (χ4n) is 3.09. The number of aryl methyl sites for hydroxylation is 2. The zero-order chi connectivity index (χ0) is 14.9. The third-order valence-electron chi connectivity index (χ3n) is 4.10.